The van der Waals surface area contributed by atoms with E-state index in [0.717, 1.165) is 18.4 Å². The summed E-state index contributed by atoms with van der Waals surface area (Å²) in [6, 6.07) is 7.20. The zero-order valence-corrected chi connectivity index (χ0v) is 13.0. The van der Waals surface area contributed by atoms with Gasteiger partial charge in [-0.15, -0.1) is 0 Å². The second kappa shape index (κ2) is 6.26. The van der Waals surface area contributed by atoms with Crippen LogP contribution in [0, 0.1) is 0 Å². The van der Waals surface area contributed by atoms with Crippen LogP contribution in [0.2, 0.25) is 0 Å². The van der Waals surface area contributed by atoms with Gasteiger partial charge in [-0.1, -0.05) is 12.1 Å². The highest BCUT2D eigenvalue weighted by Crippen LogP contribution is 2.38. The van der Waals surface area contributed by atoms with Crippen LogP contribution in [-0.2, 0) is 16.1 Å². The van der Waals surface area contributed by atoms with Crippen molar-refractivity contribution in [3.05, 3.63) is 29.8 Å². The van der Waals surface area contributed by atoms with Crippen LogP contribution in [-0.4, -0.2) is 47.3 Å². The molecule has 120 valence electrons. The lowest BCUT2D eigenvalue weighted by Gasteiger charge is -2.48. The fourth-order valence-corrected chi connectivity index (χ4v) is 3.14. The summed E-state index contributed by atoms with van der Waals surface area (Å²) in [7, 11) is 0. The summed E-state index contributed by atoms with van der Waals surface area (Å²) in [5, 5.41) is 9.16. The van der Waals surface area contributed by atoms with Crippen molar-refractivity contribution < 1.29 is 19.4 Å². The molecule has 1 atom stereocenters. The topological polar surface area (TPSA) is 59.0 Å². The zero-order chi connectivity index (χ0) is 15.6. The largest absolute Gasteiger partial charge is 0.481 e. The van der Waals surface area contributed by atoms with Gasteiger partial charge in [-0.3, -0.25) is 4.79 Å². The fraction of sp³-hybridized carbons (Fsp3) is 0.588. The van der Waals surface area contributed by atoms with Crippen LogP contribution in [0.5, 0.6) is 5.75 Å². The second-order valence-corrected chi connectivity index (χ2v) is 6.21. The van der Waals surface area contributed by atoms with Gasteiger partial charge in [-0.05, 0) is 43.9 Å². The van der Waals surface area contributed by atoms with Crippen LogP contribution >= 0.6 is 0 Å². The van der Waals surface area contributed by atoms with Crippen molar-refractivity contribution in [2.75, 3.05) is 19.7 Å². The molecule has 1 saturated heterocycles. The van der Waals surface area contributed by atoms with E-state index in [-0.39, 0.29) is 18.1 Å². The average molecular weight is 305 g/mol. The molecule has 1 spiro atoms. The molecule has 1 aliphatic carbocycles. The Kier molecular flexibility index (Phi) is 4.36. The predicted molar refractivity (Wildman–Crippen MR) is 81.6 cm³/mol. The van der Waals surface area contributed by atoms with Gasteiger partial charge in [-0.25, -0.2) is 0 Å². The molecule has 1 aromatic rings. The van der Waals surface area contributed by atoms with E-state index in [1.807, 2.05) is 17.0 Å². The molecule has 3 rings (SSSR count). The van der Waals surface area contributed by atoms with E-state index in [2.05, 4.69) is 0 Å². The molecular formula is C17H23NO4. The molecule has 1 N–H and O–H groups in total. The first-order valence-electron chi connectivity index (χ1n) is 7.91. The van der Waals surface area contributed by atoms with Gasteiger partial charge in [0, 0.05) is 13.1 Å². The Morgan fingerprint density at radius 1 is 1.50 bits per heavy atom. The number of hydrogen-bond acceptors (Lipinski definition) is 4. The first kappa shape index (κ1) is 15.3. The molecule has 2 fully saturated rings. The van der Waals surface area contributed by atoms with Gasteiger partial charge in [0.1, 0.15) is 5.75 Å². The maximum absolute atomic E-state index is 12.6. The van der Waals surface area contributed by atoms with Gasteiger partial charge in [0.15, 0.2) is 6.10 Å². The molecule has 1 heterocycles. The van der Waals surface area contributed by atoms with Crippen molar-refractivity contribution in [1.82, 2.24) is 4.90 Å². The Balaban J connectivity index is 1.61. The lowest BCUT2D eigenvalue weighted by molar-refractivity contribution is -0.171. The molecule has 2 aliphatic rings. The monoisotopic (exact) mass is 305 g/mol. The normalized spacial score (nSPS) is 21.3. The molecule has 22 heavy (non-hydrogen) atoms. The van der Waals surface area contributed by atoms with Gasteiger partial charge in [0.05, 0.1) is 18.8 Å². The summed E-state index contributed by atoms with van der Waals surface area (Å²) in [6.45, 7) is 3.65. The minimum absolute atomic E-state index is 0.00368. The van der Waals surface area contributed by atoms with Gasteiger partial charge in [-0.2, -0.15) is 0 Å². The van der Waals surface area contributed by atoms with Crippen LogP contribution in [0.1, 0.15) is 31.7 Å². The van der Waals surface area contributed by atoms with Crippen molar-refractivity contribution in [3.63, 3.8) is 0 Å². The molecule has 0 aromatic heterocycles. The average Bonchev–Trinajstić information content (AvgIpc) is 2.53. The Hall–Kier alpha value is -1.59. The number of carbonyl (C=O) groups is 1. The van der Waals surface area contributed by atoms with E-state index >= 15 is 0 Å². The van der Waals surface area contributed by atoms with Gasteiger partial charge in [0.2, 0.25) is 0 Å². The summed E-state index contributed by atoms with van der Waals surface area (Å²) < 4.78 is 11.6. The molecule has 5 heteroatoms. The number of aliphatic hydroxyl groups excluding tert-OH is 1. The molecule has 1 unspecified atom stereocenters. The number of carbonyl (C=O) groups excluding carboxylic acids is 1. The third-order valence-corrected chi connectivity index (χ3v) is 4.57. The van der Waals surface area contributed by atoms with E-state index in [1.165, 1.54) is 6.42 Å². The van der Waals surface area contributed by atoms with Crippen LogP contribution < -0.4 is 4.74 Å². The number of benzene rings is 1. The third kappa shape index (κ3) is 3.10. The molecule has 0 bridgehead atoms. The highest BCUT2D eigenvalue weighted by Gasteiger charge is 2.43. The standard InChI is InChI=1S/C17H23NO4/c1-13(22-15-5-2-4-14(10-15)11-19)16(20)18-8-9-21-17(12-18)6-3-7-17/h2,4-5,10,13,19H,3,6-9,11-12H2,1H3. The number of hydrogen-bond donors (Lipinski definition) is 1. The summed E-state index contributed by atoms with van der Waals surface area (Å²) in [5.74, 6) is 0.614. The molecule has 1 amide bonds. The minimum atomic E-state index is -0.538. The molecule has 1 saturated carbocycles. The Labute approximate surface area is 130 Å². The highest BCUT2D eigenvalue weighted by molar-refractivity contribution is 5.81. The summed E-state index contributed by atoms with van der Waals surface area (Å²) in [5.41, 5.74) is 0.682. The summed E-state index contributed by atoms with van der Waals surface area (Å²) in [6.07, 6.45) is 2.74. The fourth-order valence-electron chi connectivity index (χ4n) is 3.14. The SMILES string of the molecule is CC(Oc1cccc(CO)c1)C(=O)N1CCOC2(CCC2)C1. The first-order chi connectivity index (χ1) is 10.6. The molecule has 0 radical (unpaired) electrons. The van der Waals surface area contributed by atoms with Crippen molar-refractivity contribution in [2.45, 2.75) is 44.5 Å². The van der Waals surface area contributed by atoms with Gasteiger partial charge in [0.25, 0.3) is 5.91 Å². The van der Waals surface area contributed by atoms with Gasteiger partial charge >= 0.3 is 0 Å². The summed E-state index contributed by atoms with van der Waals surface area (Å²) in [4.78, 5) is 14.4. The van der Waals surface area contributed by atoms with Crippen molar-refractivity contribution in [1.29, 1.82) is 0 Å². The minimum Gasteiger partial charge on any atom is -0.481 e. The number of ether oxygens (including phenoxy) is 2. The van der Waals surface area contributed by atoms with E-state index in [1.54, 1.807) is 19.1 Å². The predicted octanol–water partition coefficient (Wildman–Crippen LogP) is 1.73. The van der Waals surface area contributed by atoms with Crippen molar-refractivity contribution in [2.24, 2.45) is 0 Å². The molecule has 1 aliphatic heterocycles. The second-order valence-electron chi connectivity index (χ2n) is 6.21. The Morgan fingerprint density at radius 3 is 3.00 bits per heavy atom. The first-order valence-corrected chi connectivity index (χ1v) is 7.91. The Bertz CT molecular complexity index is 541. The molecule has 5 nitrogen and oxygen atoms in total. The maximum atomic E-state index is 12.6. The number of amides is 1. The smallest absolute Gasteiger partial charge is 0.263 e. The molecule has 1 aromatic carbocycles. The lowest BCUT2D eigenvalue weighted by atomic mass is 9.79. The summed E-state index contributed by atoms with van der Waals surface area (Å²) >= 11 is 0. The third-order valence-electron chi connectivity index (χ3n) is 4.57. The quantitative estimate of drug-likeness (QED) is 0.920. The van der Waals surface area contributed by atoms with Crippen LogP contribution in [0.15, 0.2) is 24.3 Å². The number of nitrogens with zero attached hydrogens (tertiary/aromatic N) is 1. The van der Waals surface area contributed by atoms with Gasteiger partial charge < -0.3 is 19.5 Å². The van der Waals surface area contributed by atoms with E-state index in [0.29, 0.717) is 25.4 Å². The number of aliphatic hydroxyl groups is 1. The van der Waals surface area contributed by atoms with E-state index in [9.17, 15) is 4.79 Å². The lowest BCUT2D eigenvalue weighted by Crippen LogP contribution is -2.58. The Morgan fingerprint density at radius 2 is 2.32 bits per heavy atom. The highest BCUT2D eigenvalue weighted by atomic mass is 16.5. The maximum Gasteiger partial charge on any atom is 0.263 e. The van der Waals surface area contributed by atoms with Crippen LogP contribution in [0.4, 0.5) is 0 Å². The molecular weight excluding hydrogens is 282 g/mol. The van der Waals surface area contributed by atoms with Crippen LogP contribution in [0.25, 0.3) is 0 Å². The van der Waals surface area contributed by atoms with Crippen molar-refractivity contribution >= 4 is 5.91 Å². The zero-order valence-electron chi connectivity index (χ0n) is 13.0. The van der Waals surface area contributed by atoms with E-state index < -0.39 is 6.10 Å². The van der Waals surface area contributed by atoms with Crippen molar-refractivity contribution in [3.8, 4) is 5.75 Å². The van der Waals surface area contributed by atoms with E-state index in [4.69, 9.17) is 14.6 Å². The number of rotatable bonds is 4. The number of morpholine rings is 1. The van der Waals surface area contributed by atoms with Crippen LogP contribution in [0.3, 0.4) is 0 Å².